The van der Waals surface area contributed by atoms with Crippen molar-refractivity contribution in [1.82, 2.24) is 9.55 Å². The molecule has 0 spiro atoms. The zero-order chi connectivity index (χ0) is 11.2. The van der Waals surface area contributed by atoms with Gasteiger partial charge in [-0.2, -0.15) is 0 Å². The number of nitrogens with zero attached hydrogens (tertiary/aromatic N) is 2. The molecular formula is C12H15ClN2. The molecule has 0 saturated heterocycles. The second-order valence-electron chi connectivity index (χ2n) is 4.93. The molecule has 0 aliphatic carbocycles. The molecule has 0 N–H and O–H groups in total. The van der Waals surface area contributed by atoms with Gasteiger partial charge in [-0.1, -0.05) is 32.4 Å². The molecule has 0 atom stereocenters. The van der Waals surface area contributed by atoms with Crippen LogP contribution in [0.5, 0.6) is 0 Å². The van der Waals surface area contributed by atoms with Crippen LogP contribution in [0.15, 0.2) is 18.5 Å². The highest BCUT2D eigenvalue weighted by molar-refractivity contribution is 6.35. The van der Waals surface area contributed by atoms with Gasteiger partial charge in [-0.3, -0.25) is 0 Å². The molecule has 2 rings (SSSR count). The summed E-state index contributed by atoms with van der Waals surface area (Å²) in [6.45, 7) is 6.52. The fourth-order valence-electron chi connectivity index (χ4n) is 1.67. The van der Waals surface area contributed by atoms with Crippen molar-refractivity contribution in [2.75, 3.05) is 0 Å². The second-order valence-corrected chi connectivity index (χ2v) is 5.34. The summed E-state index contributed by atoms with van der Waals surface area (Å²) in [5.41, 5.74) is 3.30. The summed E-state index contributed by atoms with van der Waals surface area (Å²) in [6.07, 6.45) is 1.79. The molecule has 0 saturated carbocycles. The zero-order valence-corrected chi connectivity index (χ0v) is 10.3. The Hall–Kier alpha value is -1.02. The Labute approximate surface area is 94.9 Å². The molecule has 0 aliphatic heterocycles. The van der Waals surface area contributed by atoms with Crippen molar-refractivity contribution in [3.8, 4) is 0 Å². The zero-order valence-electron chi connectivity index (χ0n) is 9.50. The highest BCUT2D eigenvalue weighted by Crippen LogP contribution is 2.30. The first-order chi connectivity index (χ1) is 6.89. The van der Waals surface area contributed by atoms with Gasteiger partial charge in [0.1, 0.15) is 0 Å². The van der Waals surface area contributed by atoms with Crippen LogP contribution in [-0.2, 0) is 12.5 Å². The Morgan fingerprint density at radius 3 is 2.53 bits per heavy atom. The first kappa shape index (κ1) is 10.5. The predicted molar refractivity (Wildman–Crippen MR) is 64.4 cm³/mol. The smallest absolute Gasteiger partial charge is 0.0956 e. The summed E-state index contributed by atoms with van der Waals surface area (Å²) in [5, 5.41) is 0.775. The van der Waals surface area contributed by atoms with Crippen LogP contribution >= 0.6 is 11.6 Å². The van der Waals surface area contributed by atoms with Crippen molar-refractivity contribution >= 4 is 22.6 Å². The van der Waals surface area contributed by atoms with E-state index in [-0.39, 0.29) is 5.41 Å². The van der Waals surface area contributed by atoms with Crippen LogP contribution in [-0.4, -0.2) is 9.55 Å². The van der Waals surface area contributed by atoms with E-state index in [1.54, 1.807) is 6.33 Å². The minimum absolute atomic E-state index is 0.106. The maximum absolute atomic E-state index is 6.25. The number of aryl methyl sites for hydroxylation is 1. The molecule has 2 nitrogen and oxygen atoms in total. The Bertz CT molecular complexity index is 506. The van der Waals surface area contributed by atoms with Gasteiger partial charge in [0.25, 0.3) is 0 Å². The van der Waals surface area contributed by atoms with Crippen molar-refractivity contribution in [2.24, 2.45) is 7.05 Å². The highest BCUT2D eigenvalue weighted by atomic mass is 35.5. The lowest BCUT2D eigenvalue weighted by molar-refractivity contribution is 0.591. The second kappa shape index (κ2) is 3.24. The molecule has 0 fully saturated rings. The molecule has 0 amide bonds. The van der Waals surface area contributed by atoms with Crippen LogP contribution in [0.4, 0.5) is 0 Å². The third-order valence-electron chi connectivity index (χ3n) is 2.63. The lowest BCUT2D eigenvalue weighted by Crippen LogP contribution is -2.10. The molecular weight excluding hydrogens is 208 g/mol. The molecule has 3 heteroatoms. The van der Waals surface area contributed by atoms with E-state index in [2.05, 4.69) is 31.8 Å². The number of hydrogen-bond donors (Lipinski definition) is 0. The molecule has 0 aliphatic rings. The topological polar surface area (TPSA) is 17.8 Å². The van der Waals surface area contributed by atoms with Crippen LogP contribution in [0.25, 0.3) is 11.0 Å². The minimum atomic E-state index is 0.106. The van der Waals surface area contributed by atoms with Gasteiger partial charge in [0.15, 0.2) is 0 Å². The Morgan fingerprint density at radius 1 is 1.27 bits per heavy atom. The van der Waals surface area contributed by atoms with Gasteiger partial charge in [0.2, 0.25) is 0 Å². The largest absolute Gasteiger partial charge is 0.333 e. The molecule has 2 aromatic rings. The van der Waals surface area contributed by atoms with Crippen molar-refractivity contribution in [1.29, 1.82) is 0 Å². The fourth-order valence-corrected chi connectivity index (χ4v) is 2.02. The third-order valence-corrected chi connectivity index (χ3v) is 2.92. The van der Waals surface area contributed by atoms with Crippen molar-refractivity contribution in [3.63, 3.8) is 0 Å². The Balaban J connectivity index is 2.74. The highest BCUT2D eigenvalue weighted by Gasteiger charge is 2.16. The van der Waals surface area contributed by atoms with Crippen LogP contribution in [0.2, 0.25) is 5.02 Å². The summed E-state index contributed by atoms with van der Waals surface area (Å²) >= 11 is 6.25. The number of imidazole rings is 1. The molecule has 15 heavy (non-hydrogen) atoms. The van der Waals surface area contributed by atoms with Crippen molar-refractivity contribution in [2.45, 2.75) is 26.2 Å². The van der Waals surface area contributed by atoms with Gasteiger partial charge < -0.3 is 4.57 Å². The average Bonchev–Trinajstić information content (AvgIpc) is 2.46. The monoisotopic (exact) mass is 222 g/mol. The maximum atomic E-state index is 6.25. The summed E-state index contributed by atoms with van der Waals surface area (Å²) in [4.78, 5) is 4.33. The van der Waals surface area contributed by atoms with Gasteiger partial charge in [-0.15, -0.1) is 0 Å². The lowest BCUT2D eigenvalue weighted by Gasteiger charge is -2.19. The first-order valence-electron chi connectivity index (χ1n) is 5.00. The molecule has 0 bridgehead atoms. The summed E-state index contributed by atoms with van der Waals surface area (Å²) in [7, 11) is 1.96. The van der Waals surface area contributed by atoms with Crippen LogP contribution < -0.4 is 0 Å². The molecule has 80 valence electrons. The summed E-state index contributed by atoms with van der Waals surface area (Å²) < 4.78 is 1.95. The van der Waals surface area contributed by atoms with Crippen LogP contribution in [0.1, 0.15) is 26.3 Å². The number of benzene rings is 1. The number of rotatable bonds is 0. The van der Waals surface area contributed by atoms with E-state index in [1.165, 1.54) is 5.56 Å². The number of aromatic nitrogens is 2. The predicted octanol–water partition coefficient (Wildman–Crippen LogP) is 3.52. The maximum Gasteiger partial charge on any atom is 0.0956 e. The fraction of sp³-hybridized carbons (Fsp3) is 0.417. The van der Waals surface area contributed by atoms with E-state index in [4.69, 9.17) is 11.6 Å². The lowest BCUT2D eigenvalue weighted by atomic mass is 9.87. The van der Waals surface area contributed by atoms with E-state index in [0.29, 0.717) is 0 Å². The van der Waals surface area contributed by atoms with Gasteiger partial charge in [-0.25, -0.2) is 4.98 Å². The van der Waals surface area contributed by atoms with E-state index in [9.17, 15) is 0 Å². The normalized spacial score (nSPS) is 12.3. The Kier molecular flexibility index (Phi) is 2.27. The van der Waals surface area contributed by atoms with Gasteiger partial charge in [-0.05, 0) is 23.1 Å². The number of fused-ring (bicyclic) bond motifs is 1. The number of hydrogen-bond acceptors (Lipinski definition) is 1. The Morgan fingerprint density at radius 2 is 1.93 bits per heavy atom. The molecule has 1 aromatic heterocycles. The van der Waals surface area contributed by atoms with E-state index in [0.717, 1.165) is 16.1 Å². The molecule has 1 aromatic carbocycles. The van der Waals surface area contributed by atoms with Gasteiger partial charge in [0.05, 0.1) is 22.4 Å². The van der Waals surface area contributed by atoms with Crippen molar-refractivity contribution < 1.29 is 0 Å². The van der Waals surface area contributed by atoms with Gasteiger partial charge in [0, 0.05) is 7.05 Å². The van der Waals surface area contributed by atoms with Crippen molar-refractivity contribution in [3.05, 3.63) is 29.0 Å². The first-order valence-corrected chi connectivity index (χ1v) is 5.38. The van der Waals surface area contributed by atoms with E-state index in [1.807, 2.05) is 17.7 Å². The average molecular weight is 223 g/mol. The summed E-state index contributed by atoms with van der Waals surface area (Å²) in [5.74, 6) is 0. The van der Waals surface area contributed by atoms with E-state index < -0.39 is 0 Å². The molecule has 1 heterocycles. The molecule has 0 unspecified atom stereocenters. The van der Waals surface area contributed by atoms with E-state index >= 15 is 0 Å². The van der Waals surface area contributed by atoms with Crippen LogP contribution in [0, 0.1) is 0 Å². The molecule has 0 radical (unpaired) electrons. The number of halogens is 1. The summed E-state index contributed by atoms with van der Waals surface area (Å²) in [6, 6.07) is 4.15. The van der Waals surface area contributed by atoms with Crippen LogP contribution in [0.3, 0.4) is 0 Å². The van der Waals surface area contributed by atoms with Gasteiger partial charge >= 0.3 is 0 Å². The SMILES string of the molecule is Cn1cnc2cc(C(C)(C)C)cc(Cl)c21. The minimum Gasteiger partial charge on any atom is -0.333 e. The quantitative estimate of drug-likeness (QED) is 0.667. The standard InChI is InChI=1S/C12H15ClN2/c1-12(2,3)8-5-9(13)11-10(6-8)14-7-15(11)4/h5-7H,1-4H3. The third kappa shape index (κ3) is 1.74.